The number of carboxylic acids is 1. The lowest BCUT2D eigenvalue weighted by Gasteiger charge is -2.04. The van der Waals surface area contributed by atoms with Gasteiger partial charge < -0.3 is 5.11 Å². The van der Waals surface area contributed by atoms with Crippen molar-refractivity contribution in [1.82, 2.24) is 0 Å². The SMILES string of the molecule is N#C/C(=C\c1c(F)c(F)c(F)c(F)c1F)C(=O)O. The van der Waals surface area contributed by atoms with Crippen LogP contribution < -0.4 is 0 Å². The molecule has 0 saturated carbocycles. The number of hydrogen-bond donors (Lipinski definition) is 1. The van der Waals surface area contributed by atoms with E-state index in [1.54, 1.807) is 0 Å². The Kier molecular flexibility index (Phi) is 3.66. The van der Waals surface area contributed by atoms with Crippen LogP contribution in [0.15, 0.2) is 5.57 Å². The average molecular weight is 263 g/mol. The van der Waals surface area contributed by atoms with Crippen molar-refractivity contribution in [3.8, 4) is 6.07 Å². The van der Waals surface area contributed by atoms with Crippen LogP contribution >= 0.6 is 0 Å². The van der Waals surface area contributed by atoms with Gasteiger partial charge in [0.2, 0.25) is 5.82 Å². The number of halogens is 5. The predicted octanol–water partition coefficient (Wildman–Crippen LogP) is 2.37. The number of hydrogen-bond acceptors (Lipinski definition) is 2. The molecule has 94 valence electrons. The highest BCUT2D eigenvalue weighted by Gasteiger charge is 2.25. The van der Waals surface area contributed by atoms with Crippen molar-refractivity contribution in [2.24, 2.45) is 0 Å². The van der Waals surface area contributed by atoms with E-state index in [0.29, 0.717) is 0 Å². The number of nitrogens with zero attached hydrogens (tertiary/aromatic N) is 1. The summed E-state index contributed by atoms with van der Waals surface area (Å²) in [6, 6.07) is 1.05. The molecule has 1 aromatic carbocycles. The van der Waals surface area contributed by atoms with Crippen LogP contribution in [0.2, 0.25) is 0 Å². The third kappa shape index (κ3) is 2.15. The average Bonchev–Trinajstić information content (AvgIpc) is 2.34. The molecule has 1 aromatic rings. The number of aliphatic carboxylic acids is 1. The van der Waals surface area contributed by atoms with Gasteiger partial charge in [0.05, 0.1) is 5.56 Å². The van der Waals surface area contributed by atoms with E-state index in [9.17, 15) is 26.7 Å². The van der Waals surface area contributed by atoms with Crippen LogP contribution in [0.25, 0.3) is 6.08 Å². The van der Waals surface area contributed by atoms with E-state index in [-0.39, 0.29) is 6.08 Å². The first-order valence-corrected chi connectivity index (χ1v) is 4.17. The van der Waals surface area contributed by atoms with Crippen molar-refractivity contribution in [2.45, 2.75) is 0 Å². The summed E-state index contributed by atoms with van der Waals surface area (Å²) in [5.41, 5.74) is -2.65. The monoisotopic (exact) mass is 263 g/mol. The van der Waals surface area contributed by atoms with Gasteiger partial charge in [0.15, 0.2) is 23.3 Å². The van der Waals surface area contributed by atoms with Crippen molar-refractivity contribution >= 4 is 12.0 Å². The second-order valence-corrected chi connectivity index (χ2v) is 2.96. The second kappa shape index (κ2) is 4.83. The van der Waals surface area contributed by atoms with Crippen LogP contribution in [0.4, 0.5) is 22.0 Å². The molecular weight excluding hydrogens is 261 g/mol. The van der Waals surface area contributed by atoms with E-state index in [2.05, 4.69) is 0 Å². The maximum Gasteiger partial charge on any atom is 0.346 e. The Hall–Kier alpha value is -2.43. The summed E-state index contributed by atoms with van der Waals surface area (Å²) in [6.07, 6.45) is 0.0681. The summed E-state index contributed by atoms with van der Waals surface area (Å²) in [5, 5.41) is 16.7. The third-order valence-corrected chi connectivity index (χ3v) is 1.88. The van der Waals surface area contributed by atoms with Gasteiger partial charge in [-0.15, -0.1) is 0 Å². The number of carboxylic acid groups (broad SMARTS) is 1. The molecule has 0 aliphatic rings. The molecule has 0 unspecified atom stereocenters. The first-order valence-electron chi connectivity index (χ1n) is 4.17. The number of carbonyl (C=O) groups is 1. The van der Waals surface area contributed by atoms with Crippen molar-refractivity contribution in [3.05, 3.63) is 40.2 Å². The van der Waals surface area contributed by atoms with E-state index in [1.165, 1.54) is 0 Å². The summed E-state index contributed by atoms with van der Waals surface area (Å²) in [4.78, 5) is 10.4. The predicted molar refractivity (Wildman–Crippen MR) is 47.5 cm³/mol. The number of benzene rings is 1. The van der Waals surface area contributed by atoms with Gasteiger partial charge in [-0.05, 0) is 6.08 Å². The molecule has 18 heavy (non-hydrogen) atoms. The lowest BCUT2D eigenvalue weighted by molar-refractivity contribution is -0.132. The largest absolute Gasteiger partial charge is 0.477 e. The minimum absolute atomic E-state index is 0.0681. The molecule has 0 aliphatic carbocycles. The Balaban J connectivity index is 3.63. The maximum absolute atomic E-state index is 13.1. The van der Waals surface area contributed by atoms with E-state index < -0.39 is 46.2 Å². The maximum atomic E-state index is 13.1. The zero-order valence-electron chi connectivity index (χ0n) is 8.27. The topological polar surface area (TPSA) is 61.1 Å². The molecule has 0 aromatic heterocycles. The Labute approximate surface area is 96.4 Å². The van der Waals surface area contributed by atoms with E-state index in [0.717, 1.165) is 6.07 Å². The molecular formula is C10H2F5NO2. The fourth-order valence-corrected chi connectivity index (χ4v) is 1.03. The first kappa shape index (κ1) is 13.6. The molecule has 0 amide bonds. The van der Waals surface area contributed by atoms with Gasteiger partial charge in [0.25, 0.3) is 0 Å². The highest BCUT2D eigenvalue weighted by atomic mass is 19.2. The van der Waals surface area contributed by atoms with Gasteiger partial charge in [0.1, 0.15) is 11.6 Å². The Morgan fingerprint density at radius 1 is 1.00 bits per heavy atom. The van der Waals surface area contributed by atoms with Crippen molar-refractivity contribution < 1.29 is 31.9 Å². The lowest BCUT2D eigenvalue weighted by atomic mass is 10.1. The molecule has 3 nitrogen and oxygen atoms in total. The molecule has 0 fully saturated rings. The minimum atomic E-state index is -2.36. The van der Waals surface area contributed by atoms with Gasteiger partial charge in [-0.3, -0.25) is 0 Å². The van der Waals surface area contributed by atoms with E-state index >= 15 is 0 Å². The quantitative estimate of drug-likeness (QED) is 0.293. The van der Waals surface area contributed by atoms with Crippen LogP contribution in [-0.4, -0.2) is 11.1 Å². The van der Waals surface area contributed by atoms with Gasteiger partial charge in [-0.25, -0.2) is 26.7 Å². The number of rotatable bonds is 2. The first-order chi connectivity index (χ1) is 8.31. The summed E-state index contributed by atoms with van der Waals surface area (Å²) in [6.45, 7) is 0. The minimum Gasteiger partial charge on any atom is -0.477 e. The van der Waals surface area contributed by atoms with Crippen molar-refractivity contribution in [2.75, 3.05) is 0 Å². The lowest BCUT2D eigenvalue weighted by Crippen LogP contribution is -2.06. The smallest absolute Gasteiger partial charge is 0.346 e. The molecule has 0 atom stereocenters. The van der Waals surface area contributed by atoms with E-state index in [4.69, 9.17) is 10.4 Å². The molecule has 0 saturated heterocycles. The highest BCUT2D eigenvalue weighted by molar-refractivity contribution is 5.96. The van der Waals surface area contributed by atoms with Gasteiger partial charge >= 0.3 is 5.97 Å². The molecule has 0 spiro atoms. The third-order valence-electron chi connectivity index (χ3n) is 1.88. The standard InChI is InChI=1S/C10H2F5NO2/c11-5-4(1-3(2-16)10(17)18)6(12)8(14)9(15)7(5)13/h1H,(H,17,18)/b3-1+. The van der Waals surface area contributed by atoms with Crippen LogP contribution in [0.3, 0.4) is 0 Å². The zero-order chi connectivity index (χ0) is 14.0. The molecule has 1 N–H and O–H groups in total. The van der Waals surface area contributed by atoms with Crippen LogP contribution in [0.5, 0.6) is 0 Å². The van der Waals surface area contributed by atoms with Crippen molar-refractivity contribution in [3.63, 3.8) is 0 Å². The Bertz CT molecular complexity index is 574. The molecule has 8 heteroatoms. The normalized spacial score (nSPS) is 11.2. The fourth-order valence-electron chi connectivity index (χ4n) is 1.03. The fraction of sp³-hybridized carbons (Fsp3) is 0. The molecule has 0 bridgehead atoms. The Morgan fingerprint density at radius 2 is 1.39 bits per heavy atom. The van der Waals surface area contributed by atoms with Crippen LogP contribution in [0, 0.1) is 40.4 Å². The summed E-state index contributed by atoms with van der Waals surface area (Å²) in [5.74, 6) is -13.1. The molecule has 1 rings (SSSR count). The van der Waals surface area contributed by atoms with E-state index in [1.807, 2.05) is 0 Å². The molecule has 0 aliphatic heterocycles. The second-order valence-electron chi connectivity index (χ2n) is 2.96. The highest BCUT2D eigenvalue weighted by Crippen LogP contribution is 2.24. The molecule has 0 heterocycles. The van der Waals surface area contributed by atoms with Crippen molar-refractivity contribution in [1.29, 1.82) is 5.26 Å². The molecule has 0 radical (unpaired) electrons. The summed E-state index contributed by atoms with van der Waals surface area (Å²) >= 11 is 0. The summed E-state index contributed by atoms with van der Waals surface area (Å²) in [7, 11) is 0. The summed E-state index contributed by atoms with van der Waals surface area (Å²) < 4.78 is 64.3. The zero-order valence-corrected chi connectivity index (χ0v) is 8.27. The van der Waals surface area contributed by atoms with Gasteiger partial charge in [0, 0.05) is 0 Å². The van der Waals surface area contributed by atoms with Gasteiger partial charge in [-0.1, -0.05) is 0 Å². The van der Waals surface area contributed by atoms with Gasteiger partial charge in [-0.2, -0.15) is 5.26 Å². The van der Waals surface area contributed by atoms with Crippen LogP contribution in [0.1, 0.15) is 5.56 Å². The van der Waals surface area contributed by atoms with Crippen LogP contribution in [-0.2, 0) is 4.79 Å². The number of nitriles is 1. The Morgan fingerprint density at radius 3 is 1.72 bits per heavy atom.